The van der Waals surface area contributed by atoms with Crippen LogP contribution in [0, 0.1) is 0 Å². The van der Waals surface area contributed by atoms with Gasteiger partial charge < -0.3 is 29.6 Å². The van der Waals surface area contributed by atoms with E-state index in [1.54, 1.807) is 31.4 Å². The van der Waals surface area contributed by atoms with Crippen molar-refractivity contribution in [3.05, 3.63) is 41.7 Å². The number of amides is 1. The van der Waals surface area contributed by atoms with Gasteiger partial charge >= 0.3 is 0 Å². The third kappa shape index (κ3) is 6.19. The molecule has 2 aromatic carbocycles. The van der Waals surface area contributed by atoms with Crippen molar-refractivity contribution >= 4 is 46.1 Å². The van der Waals surface area contributed by atoms with E-state index in [-0.39, 0.29) is 0 Å². The topological polar surface area (TPSA) is 104 Å². The van der Waals surface area contributed by atoms with E-state index in [9.17, 15) is 4.79 Å². The summed E-state index contributed by atoms with van der Waals surface area (Å²) in [4.78, 5) is 19.8. The average molecular weight is 461 g/mol. The standard InChI is InChI=1S/C22H25ClN4O5/c1-3-30-7-9-32-21-12-18-16(11-19(21)26-14-28)22(25-13-24-18)27-15-4-5-20(17(23)10-15)31-8-6-29-2/h4-5,10-14H,3,6-9H2,1-2H3,(H,26,28)(H,24,25,27). The van der Waals surface area contributed by atoms with Gasteiger partial charge in [0, 0.05) is 30.9 Å². The number of methoxy groups -OCH3 is 1. The largest absolute Gasteiger partial charge is 0.490 e. The fourth-order valence-corrected chi connectivity index (χ4v) is 3.14. The molecule has 9 nitrogen and oxygen atoms in total. The highest BCUT2D eigenvalue weighted by atomic mass is 35.5. The van der Waals surface area contributed by atoms with Crippen molar-refractivity contribution in [2.45, 2.75) is 6.92 Å². The Balaban J connectivity index is 1.84. The van der Waals surface area contributed by atoms with Crippen LogP contribution in [0.4, 0.5) is 17.2 Å². The zero-order valence-corrected chi connectivity index (χ0v) is 18.6. The zero-order chi connectivity index (χ0) is 22.8. The number of nitrogens with zero attached hydrogens (tertiary/aromatic N) is 2. The normalized spacial score (nSPS) is 10.7. The van der Waals surface area contributed by atoms with Crippen molar-refractivity contribution in [1.82, 2.24) is 9.97 Å². The van der Waals surface area contributed by atoms with Crippen LogP contribution in [0.25, 0.3) is 10.9 Å². The van der Waals surface area contributed by atoms with E-state index in [2.05, 4.69) is 20.6 Å². The lowest BCUT2D eigenvalue weighted by Gasteiger charge is -2.14. The second-order valence-corrected chi connectivity index (χ2v) is 6.91. The fourth-order valence-electron chi connectivity index (χ4n) is 2.90. The number of carbonyl (C=O) groups excluding carboxylic acids is 1. The molecular weight excluding hydrogens is 436 g/mol. The van der Waals surface area contributed by atoms with Gasteiger partial charge in [0.15, 0.2) is 0 Å². The Hall–Kier alpha value is -3.14. The van der Waals surface area contributed by atoms with Gasteiger partial charge in [0.1, 0.15) is 36.9 Å². The second-order valence-electron chi connectivity index (χ2n) is 6.51. The van der Waals surface area contributed by atoms with E-state index in [4.69, 9.17) is 30.5 Å². The summed E-state index contributed by atoms with van der Waals surface area (Å²) in [7, 11) is 1.61. The van der Waals surface area contributed by atoms with Gasteiger partial charge in [-0.15, -0.1) is 0 Å². The van der Waals surface area contributed by atoms with E-state index < -0.39 is 0 Å². The predicted molar refractivity (Wildman–Crippen MR) is 123 cm³/mol. The highest BCUT2D eigenvalue weighted by Gasteiger charge is 2.12. The van der Waals surface area contributed by atoms with Crippen molar-refractivity contribution in [3.8, 4) is 11.5 Å². The van der Waals surface area contributed by atoms with Gasteiger partial charge in [-0.25, -0.2) is 9.97 Å². The molecule has 0 aliphatic carbocycles. The number of rotatable bonds is 13. The van der Waals surface area contributed by atoms with Gasteiger partial charge in [-0.05, 0) is 31.2 Å². The van der Waals surface area contributed by atoms with E-state index in [1.807, 2.05) is 13.0 Å². The van der Waals surface area contributed by atoms with E-state index >= 15 is 0 Å². The Morgan fingerprint density at radius 1 is 1.03 bits per heavy atom. The smallest absolute Gasteiger partial charge is 0.211 e. The molecule has 0 saturated carbocycles. The molecule has 3 rings (SSSR count). The maximum Gasteiger partial charge on any atom is 0.211 e. The summed E-state index contributed by atoms with van der Waals surface area (Å²) in [5.74, 6) is 1.61. The van der Waals surface area contributed by atoms with E-state index in [1.165, 1.54) is 6.33 Å². The van der Waals surface area contributed by atoms with Gasteiger partial charge in [0.25, 0.3) is 0 Å². The number of anilines is 3. The summed E-state index contributed by atoms with van der Waals surface area (Å²) in [6.07, 6.45) is 2.04. The number of nitrogens with one attached hydrogen (secondary N) is 2. The minimum Gasteiger partial charge on any atom is -0.490 e. The predicted octanol–water partition coefficient (Wildman–Crippen LogP) is 4.04. The highest BCUT2D eigenvalue weighted by Crippen LogP contribution is 2.34. The molecule has 0 unspecified atom stereocenters. The second kappa shape index (κ2) is 12.0. The lowest BCUT2D eigenvalue weighted by atomic mass is 10.2. The summed E-state index contributed by atoms with van der Waals surface area (Å²) < 4.78 is 21.6. The molecule has 170 valence electrons. The Bertz CT molecular complexity index is 1050. The van der Waals surface area contributed by atoms with E-state index in [0.29, 0.717) is 78.4 Å². The summed E-state index contributed by atoms with van der Waals surface area (Å²) >= 11 is 6.34. The minimum absolute atomic E-state index is 0.348. The molecule has 1 amide bonds. The number of hydrogen-bond donors (Lipinski definition) is 2. The summed E-state index contributed by atoms with van der Waals surface area (Å²) in [5.41, 5.74) is 1.87. The Kier molecular flexibility index (Phi) is 8.85. The van der Waals surface area contributed by atoms with Crippen LogP contribution in [0.2, 0.25) is 5.02 Å². The third-order valence-electron chi connectivity index (χ3n) is 4.38. The highest BCUT2D eigenvalue weighted by molar-refractivity contribution is 6.32. The molecule has 2 N–H and O–H groups in total. The first kappa shape index (κ1) is 23.5. The number of carbonyl (C=O) groups is 1. The third-order valence-corrected chi connectivity index (χ3v) is 4.68. The molecule has 0 spiro atoms. The van der Waals surface area contributed by atoms with Gasteiger partial charge in [-0.1, -0.05) is 11.6 Å². The van der Waals surface area contributed by atoms with Crippen molar-refractivity contribution < 1.29 is 23.7 Å². The lowest BCUT2D eigenvalue weighted by Crippen LogP contribution is -2.08. The fraction of sp³-hybridized carbons (Fsp3) is 0.318. The van der Waals surface area contributed by atoms with Crippen LogP contribution >= 0.6 is 11.6 Å². The van der Waals surface area contributed by atoms with Crippen LogP contribution < -0.4 is 20.1 Å². The summed E-state index contributed by atoms with van der Waals surface area (Å²) in [5, 5.41) is 7.06. The number of ether oxygens (including phenoxy) is 4. The van der Waals surface area contributed by atoms with Crippen molar-refractivity contribution in [2.24, 2.45) is 0 Å². The molecule has 32 heavy (non-hydrogen) atoms. The number of halogens is 1. The minimum atomic E-state index is 0.348. The van der Waals surface area contributed by atoms with Crippen LogP contribution in [0.1, 0.15) is 6.92 Å². The van der Waals surface area contributed by atoms with Gasteiger partial charge in [-0.3, -0.25) is 4.79 Å². The van der Waals surface area contributed by atoms with Crippen molar-refractivity contribution in [1.29, 1.82) is 0 Å². The molecule has 3 aromatic rings. The molecule has 0 bridgehead atoms. The Labute approximate surface area is 191 Å². The number of hydrogen-bond acceptors (Lipinski definition) is 8. The van der Waals surface area contributed by atoms with Crippen LogP contribution in [-0.4, -0.2) is 56.5 Å². The maximum atomic E-state index is 11.1. The van der Waals surface area contributed by atoms with Crippen molar-refractivity contribution in [2.75, 3.05) is 50.8 Å². The van der Waals surface area contributed by atoms with Gasteiger partial charge in [-0.2, -0.15) is 0 Å². The molecule has 10 heteroatoms. The van der Waals surface area contributed by atoms with Crippen LogP contribution in [0.3, 0.4) is 0 Å². The summed E-state index contributed by atoms with van der Waals surface area (Å²) in [6, 6.07) is 8.85. The number of aromatic nitrogens is 2. The first-order chi connectivity index (χ1) is 15.7. The van der Waals surface area contributed by atoms with Crippen LogP contribution in [-0.2, 0) is 14.3 Å². The molecule has 0 radical (unpaired) electrons. The molecule has 0 aliphatic heterocycles. The van der Waals surface area contributed by atoms with Gasteiger partial charge in [0.2, 0.25) is 6.41 Å². The average Bonchev–Trinajstić information content (AvgIpc) is 2.79. The number of benzene rings is 2. The molecular formula is C22H25ClN4O5. The molecule has 1 aromatic heterocycles. The lowest BCUT2D eigenvalue weighted by molar-refractivity contribution is -0.105. The molecule has 0 aliphatic rings. The van der Waals surface area contributed by atoms with Crippen molar-refractivity contribution in [3.63, 3.8) is 0 Å². The molecule has 0 fully saturated rings. The SMILES string of the molecule is CCOCCOc1cc2ncnc(Nc3ccc(OCCOC)c(Cl)c3)c2cc1NC=O. The van der Waals surface area contributed by atoms with Crippen LogP contribution in [0.5, 0.6) is 11.5 Å². The quantitative estimate of drug-likeness (QED) is 0.291. The zero-order valence-electron chi connectivity index (χ0n) is 17.9. The van der Waals surface area contributed by atoms with Crippen LogP contribution in [0.15, 0.2) is 36.7 Å². The first-order valence-corrected chi connectivity index (χ1v) is 10.4. The molecule has 1 heterocycles. The van der Waals surface area contributed by atoms with E-state index in [0.717, 1.165) is 5.69 Å². The monoisotopic (exact) mass is 460 g/mol. The maximum absolute atomic E-state index is 11.1. The summed E-state index contributed by atoms with van der Waals surface area (Å²) in [6.45, 7) is 4.18. The first-order valence-electron chi connectivity index (χ1n) is 10.0. The van der Waals surface area contributed by atoms with Gasteiger partial charge in [0.05, 0.1) is 29.4 Å². The molecule has 0 saturated heterocycles. The Morgan fingerprint density at radius 2 is 1.84 bits per heavy atom. The Morgan fingerprint density at radius 3 is 2.59 bits per heavy atom. The molecule has 0 atom stereocenters. The number of fused-ring (bicyclic) bond motifs is 1.